The maximum atomic E-state index is 10.7. The fraction of sp³-hybridized carbons (Fsp3) is 0.938. The van der Waals surface area contributed by atoms with Gasteiger partial charge in [-0.05, 0) is 19.4 Å². The van der Waals surface area contributed by atoms with Crippen LogP contribution in [-0.2, 0) is 4.79 Å². The van der Waals surface area contributed by atoms with Gasteiger partial charge >= 0.3 is 0 Å². The third-order valence-corrected chi connectivity index (χ3v) is 3.83. The number of hydrogen-bond donors (Lipinski definition) is 3. The normalized spacial score (nSPS) is 12.5. The van der Waals surface area contributed by atoms with Gasteiger partial charge in [-0.3, -0.25) is 4.79 Å². The topological polar surface area (TPSA) is 95.1 Å². The minimum atomic E-state index is -0.450. The van der Waals surface area contributed by atoms with Gasteiger partial charge in [0, 0.05) is 0 Å². The average Bonchev–Trinajstić information content (AvgIpc) is 2.43. The highest BCUT2D eigenvalue weighted by Crippen LogP contribution is 2.12. The lowest BCUT2D eigenvalue weighted by molar-refractivity contribution is -0.119. The molecule has 0 saturated heterocycles. The summed E-state index contributed by atoms with van der Waals surface area (Å²) < 4.78 is 0. The molecular weight excluding hydrogens is 250 g/mol. The summed E-state index contributed by atoms with van der Waals surface area (Å²) in [7, 11) is 0. The second-order valence-electron chi connectivity index (χ2n) is 5.83. The van der Waals surface area contributed by atoms with Gasteiger partial charge in [-0.15, -0.1) is 0 Å². The molecule has 0 saturated carbocycles. The number of primary amides is 1. The number of amides is 1. The van der Waals surface area contributed by atoms with Crippen LogP contribution in [0.3, 0.4) is 0 Å². The number of rotatable bonds is 15. The van der Waals surface area contributed by atoms with E-state index in [9.17, 15) is 4.79 Å². The minimum Gasteiger partial charge on any atom is -0.368 e. The molecule has 1 amide bonds. The largest absolute Gasteiger partial charge is 0.368 e. The summed E-state index contributed by atoms with van der Waals surface area (Å²) in [5.74, 6) is -0.378. The Morgan fingerprint density at radius 2 is 1.05 bits per heavy atom. The van der Waals surface area contributed by atoms with E-state index in [4.69, 9.17) is 17.2 Å². The van der Waals surface area contributed by atoms with Gasteiger partial charge in [0.05, 0.1) is 6.04 Å². The zero-order valence-corrected chi connectivity index (χ0v) is 13.1. The van der Waals surface area contributed by atoms with Crippen LogP contribution in [0.1, 0.15) is 83.5 Å². The van der Waals surface area contributed by atoms with Gasteiger partial charge in [-0.2, -0.15) is 0 Å². The molecule has 0 heterocycles. The zero-order valence-electron chi connectivity index (χ0n) is 13.1. The monoisotopic (exact) mass is 285 g/mol. The highest BCUT2D eigenvalue weighted by atomic mass is 16.1. The predicted octanol–water partition coefficient (Wildman–Crippen LogP) is 2.83. The molecule has 0 aliphatic rings. The maximum absolute atomic E-state index is 10.7. The molecule has 6 N–H and O–H groups in total. The zero-order chi connectivity index (χ0) is 15.1. The van der Waals surface area contributed by atoms with Crippen molar-refractivity contribution in [2.45, 2.75) is 89.5 Å². The smallest absolute Gasteiger partial charge is 0.234 e. The van der Waals surface area contributed by atoms with Gasteiger partial charge in [0.2, 0.25) is 5.91 Å². The SMILES string of the molecule is NCCCCCCCCCCCCCCC(N)C(N)=O. The Bertz CT molecular complexity index is 222. The van der Waals surface area contributed by atoms with Crippen molar-refractivity contribution in [1.29, 1.82) is 0 Å². The first-order valence-corrected chi connectivity index (χ1v) is 8.43. The first-order chi connectivity index (χ1) is 9.68. The molecule has 4 heteroatoms. The maximum Gasteiger partial charge on any atom is 0.234 e. The van der Waals surface area contributed by atoms with Crippen molar-refractivity contribution >= 4 is 5.91 Å². The summed E-state index contributed by atoms with van der Waals surface area (Å²) in [6, 6.07) is -0.450. The molecular formula is C16H35N3O. The molecule has 0 rings (SSSR count). The van der Waals surface area contributed by atoms with E-state index in [1.165, 1.54) is 70.6 Å². The number of hydrogen-bond acceptors (Lipinski definition) is 3. The average molecular weight is 285 g/mol. The third kappa shape index (κ3) is 13.8. The van der Waals surface area contributed by atoms with E-state index in [1.54, 1.807) is 0 Å². The summed E-state index contributed by atoms with van der Waals surface area (Å²) in [4.78, 5) is 10.7. The van der Waals surface area contributed by atoms with E-state index in [2.05, 4.69) is 0 Å². The highest BCUT2D eigenvalue weighted by molar-refractivity contribution is 5.79. The Hall–Kier alpha value is -0.610. The van der Waals surface area contributed by atoms with Gasteiger partial charge < -0.3 is 17.2 Å². The molecule has 0 aromatic rings. The van der Waals surface area contributed by atoms with Crippen molar-refractivity contribution in [2.75, 3.05) is 6.54 Å². The van der Waals surface area contributed by atoms with Crippen LogP contribution in [0.25, 0.3) is 0 Å². The molecule has 4 nitrogen and oxygen atoms in total. The minimum absolute atomic E-state index is 0.378. The number of carbonyl (C=O) groups is 1. The van der Waals surface area contributed by atoms with Gasteiger partial charge in [0.15, 0.2) is 0 Å². The Morgan fingerprint density at radius 3 is 1.40 bits per heavy atom. The Morgan fingerprint density at radius 1 is 0.700 bits per heavy atom. The molecule has 0 spiro atoms. The van der Waals surface area contributed by atoms with Crippen molar-refractivity contribution in [3.63, 3.8) is 0 Å². The molecule has 0 aliphatic heterocycles. The van der Waals surface area contributed by atoms with Crippen LogP contribution in [0, 0.1) is 0 Å². The first-order valence-electron chi connectivity index (χ1n) is 8.43. The summed E-state index contributed by atoms with van der Waals surface area (Å²) in [6.07, 6.45) is 16.1. The summed E-state index contributed by atoms with van der Waals surface area (Å²) in [5.41, 5.74) is 16.1. The van der Waals surface area contributed by atoms with Crippen molar-refractivity contribution in [3.8, 4) is 0 Å². The Kier molecular flexibility index (Phi) is 14.3. The van der Waals surface area contributed by atoms with E-state index >= 15 is 0 Å². The number of carbonyl (C=O) groups excluding carboxylic acids is 1. The van der Waals surface area contributed by atoms with Gasteiger partial charge in [0.25, 0.3) is 0 Å². The number of unbranched alkanes of at least 4 members (excludes halogenated alkanes) is 11. The fourth-order valence-electron chi connectivity index (χ4n) is 2.42. The first kappa shape index (κ1) is 19.4. The second-order valence-corrected chi connectivity index (χ2v) is 5.83. The van der Waals surface area contributed by atoms with Crippen LogP contribution in [0.5, 0.6) is 0 Å². The van der Waals surface area contributed by atoms with Crippen LogP contribution < -0.4 is 17.2 Å². The Balaban J connectivity index is 3.04. The molecule has 20 heavy (non-hydrogen) atoms. The lowest BCUT2D eigenvalue weighted by Gasteiger charge is -2.06. The second kappa shape index (κ2) is 14.8. The summed E-state index contributed by atoms with van der Waals surface area (Å²) in [5, 5.41) is 0. The van der Waals surface area contributed by atoms with Crippen LogP contribution in [0.2, 0.25) is 0 Å². The highest BCUT2D eigenvalue weighted by Gasteiger charge is 2.07. The molecule has 1 unspecified atom stereocenters. The van der Waals surface area contributed by atoms with Crippen molar-refractivity contribution in [3.05, 3.63) is 0 Å². The molecule has 1 atom stereocenters. The van der Waals surface area contributed by atoms with Gasteiger partial charge in [-0.25, -0.2) is 0 Å². The van der Waals surface area contributed by atoms with E-state index in [1.807, 2.05) is 0 Å². The molecule has 0 aromatic carbocycles. The molecule has 0 aliphatic carbocycles. The predicted molar refractivity (Wildman–Crippen MR) is 86.2 cm³/mol. The molecule has 0 radical (unpaired) electrons. The summed E-state index contributed by atoms with van der Waals surface area (Å²) >= 11 is 0. The van der Waals surface area contributed by atoms with E-state index in [-0.39, 0.29) is 5.91 Å². The molecule has 0 fully saturated rings. The van der Waals surface area contributed by atoms with E-state index < -0.39 is 6.04 Å². The van der Waals surface area contributed by atoms with Crippen molar-refractivity contribution in [2.24, 2.45) is 17.2 Å². The third-order valence-electron chi connectivity index (χ3n) is 3.83. The summed E-state index contributed by atoms with van der Waals surface area (Å²) in [6.45, 7) is 0.838. The lowest BCUT2D eigenvalue weighted by Crippen LogP contribution is -2.36. The van der Waals surface area contributed by atoms with Crippen LogP contribution >= 0.6 is 0 Å². The van der Waals surface area contributed by atoms with E-state index in [0.29, 0.717) is 0 Å². The van der Waals surface area contributed by atoms with Gasteiger partial charge in [0.1, 0.15) is 0 Å². The van der Waals surface area contributed by atoms with Gasteiger partial charge in [-0.1, -0.05) is 70.6 Å². The molecule has 120 valence electrons. The van der Waals surface area contributed by atoms with Crippen molar-refractivity contribution in [1.82, 2.24) is 0 Å². The Labute approximate surface area is 124 Å². The molecule has 0 bridgehead atoms. The lowest BCUT2D eigenvalue weighted by atomic mass is 10.0. The van der Waals surface area contributed by atoms with Crippen LogP contribution in [-0.4, -0.2) is 18.5 Å². The fourth-order valence-corrected chi connectivity index (χ4v) is 2.42. The number of nitrogens with two attached hydrogens (primary N) is 3. The van der Waals surface area contributed by atoms with Crippen molar-refractivity contribution < 1.29 is 4.79 Å². The molecule has 0 aromatic heterocycles. The quantitative estimate of drug-likeness (QED) is 0.404. The van der Waals surface area contributed by atoms with E-state index in [0.717, 1.165) is 19.4 Å². The van der Waals surface area contributed by atoms with Crippen LogP contribution in [0.15, 0.2) is 0 Å². The van der Waals surface area contributed by atoms with Crippen LogP contribution in [0.4, 0.5) is 0 Å². The standard InChI is InChI=1S/C16H35N3O/c17-14-12-10-8-6-4-2-1-3-5-7-9-11-13-15(18)16(19)20/h15H,1-14,17-18H2,(H2,19,20).